The highest BCUT2D eigenvalue weighted by Gasteiger charge is 2.26. The van der Waals surface area contributed by atoms with Crippen molar-refractivity contribution in [1.82, 2.24) is 9.80 Å². The molecule has 4 heteroatoms. The van der Waals surface area contributed by atoms with Gasteiger partial charge in [0.1, 0.15) is 0 Å². The summed E-state index contributed by atoms with van der Waals surface area (Å²) in [6.45, 7) is 4.82. The smallest absolute Gasteiger partial charge is 0.253 e. The van der Waals surface area contributed by atoms with Gasteiger partial charge in [0.25, 0.3) is 5.91 Å². The topological polar surface area (TPSA) is 23.6 Å². The number of nitrogens with zero attached hydrogens (tertiary/aromatic N) is 2. The molecule has 0 N–H and O–H groups in total. The first-order valence-electron chi connectivity index (χ1n) is 6.37. The van der Waals surface area contributed by atoms with Gasteiger partial charge in [-0.25, -0.2) is 0 Å². The van der Waals surface area contributed by atoms with Crippen LogP contribution < -0.4 is 0 Å². The Hall–Kier alpha value is -0.620. The zero-order chi connectivity index (χ0) is 13.1. The SMILES string of the molecule is CCC1CN(C(=O)c2ccc(I)cc2)CCN1C. The molecule has 1 heterocycles. The zero-order valence-electron chi connectivity index (χ0n) is 10.9. The van der Waals surface area contributed by atoms with E-state index in [2.05, 4.69) is 41.5 Å². The Morgan fingerprint density at radius 1 is 1.33 bits per heavy atom. The van der Waals surface area contributed by atoms with E-state index in [0.29, 0.717) is 6.04 Å². The molecule has 18 heavy (non-hydrogen) atoms. The molecule has 0 aromatic heterocycles. The van der Waals surface area contributed by atoms with E-state index in [-0.39, 0.29) is 5.91 Å². The van der Waals surface area contributed by atoms with Crippen LogP contribution >= 0.6 is 22.6 Å². The Kier molecular flexibility index (Phi) is 4.61. The molecular formula is C14H19IN2O. The Bertz CT molecular complexity index is 418. The Balaban J connectivity index is 2.07. The van der Waals surface area contributed by atoms with Crippen molar-refractivity contribution in [3.8, 4) is 0 Å². The molecule has 1 aromatic rings. The van der Waals surface area contributed by atoms with Crippen molar-refractivity contribution in [2.45, 2.75) is 19.4 Å². The van der Waals surface area contributed by atoms with Gasteiger partial charge in [-0.15, -0.1) is 0 Å². The van der Waals surface area contributed by atoms with Gasteiger partial charge < -0.3 is 4.90 Å². The number of piperazine rings is 1. The fourth-order valence-corrected chi connectivity index (χ4v) is 2.71. The molecule has 1 fully saturated rings. The lowest BCUT2D eigenvalue weighted by molar-refractivity contribution is 0.0542. The van der Waals surface area contributed by atoms with Crippen LogP contribution in [0.1, 0.15) is 23.7 Å². The Morgan fingerprint density at radius 3 is 2.61 bits per heavy atom. The van der Waals surface area contributed by atoms with Gasteiger partial charge in [-0.1, -0.05) is 6.92 Å². The molecule has 98 valence electrons. The minimum Gasteiger partial charge on any atom is -0.336 e. The van der Waals surface area contributed by atoms with E-state index in [9.17, 15) is 4.79 Å². The van der Waals surface area contributed by atoms with E-state index >= 15 is 0 Å². The van der Waals surface area contributed by atoms with Crippen molar-refractivity contribution in [2.24, 2.45) is 0 Å². The number of benzene rings is 1. The summed E-state index contributed by atoms with van der Waals surface area (Å²) in [6.07, 6.45) is 1.09. The summed E-state index contributed by atoms with van der Waals surface area (Å²) in [7, 11) is 2.14. The summed E-state index contributed by atoms with van der Waals surface area (Å²) < 4.78 is 1.16. The van der Waals surface area contributed by atoms with Crippen LogP contribution in [0, 0.1) is 3.57 Å². The number of hydrogen-bond donors (Lipinski definition) is 0. The van der Waals surface area contributed by atoms with Crippen LogP contribution in [0.5, 0.6) is 0 Å². The van der Waals surface area contributed by atoms with Gasteiger partial charge in [-0.05, 0) is 60.3 Å². The molecule has 0 radical (unpaired) electrons. The molecule has 1 aliphatic heterocycles. The highest BCUT2D eigenvalue weighted by molar-refractivity contribution is 14.1. The monoisotopic (exact) mass is 358 g/mol. The van der Waals surface area contributed by atoms with Gasteiger partial charge >= 0.3 is 0 Å². The summed E-state index contributed by atoms with van der Waals surface area (Å²) in [6, 6.07) is 8.31. The number of halogens is 1. The van der Waals surface area contributed by atoms with Crippen LogP contribution in [0.3, 0.4) is 0 Å². The quantitative estimate of drug-likeness (QED) is 0.759. The van der Waals surface area contributed by atoms with Crippen molar-refractivity contribution in [3.63, 3.8) is 0 Å². The largest absolute Gasteiger partial charge is 0.336 e. The third-order valence-electron chi connectivity index (χ3n) is 3.63. The average Bonchev–Trinajstić information content (AvgIpc) is 2.39. The van der Waals surface area contributed by atoms with Crippen molar-refractivity contribution in [3.05, 3.63) is 33.4 Å². The lowest BCUT2D eigenvalue weighted by Crippen LogP contribution is -2.52. The van der Waals surface area contributed by atoms with Crippen LogP contribution in [0.4, 0.5) is 0 Å². The number of carbonyl (C=O) groups excluding carboxylic acids is 1. The normalized spacial score (nSPS) is 21.1. The first-order valence-corrected chi connectivity index (χ1v) is 7.44. The summed E-state index contributed by atoms with van der Waals surface area (Å²) in [5.74, 6) is 0.165. The van der Waals surface area contributed by atoms with Gasteiger partial charge in [-0.3, -0.25) is 9.69 Å². The van der Waals surface area contributed by atoms with Gasteiger partial charge in [0.05, 0.1) is 0 Å². The minimum absolute atomic E-state index is 0.165. The molecule has 1 atom stereocenters. The molecule has 1 amide bonds. The second kappa shape index (κ2) is 6.02. The highest BCUT2D eigenvalue weighted by atomic mass is 127. The van der Waals surface area contributed by atoms with Crippen LogP contribution in [0.25, 0.3) is 0 Å². The minimum atomic E-state index is 0.165. The molecule has 3 nitrogen and oxygen atoms in total. The van der Waals surface area contributed by atoms with Crippen molar-refractivity contribution in [2.75, 3.05) is 26.7 Å². The van der Waals surface area contributed by atoms with Crippen molar-refractivity contribution in [1.29, 1.82) is 0 Å². The van der Waals surface area contributed by atoms with E-state index < -0.39 is 0 Å². The molecule has 1 aliphatic rings. The number of likely N-dealkylation sites (N-methyl/N-ethyl adjacent to an activating group) is 1. The third-order valence-corrected chi connectivity index (χ3v) is 4.35. The van der Waals surface area contributed by atoms with Crippen molar-refractivity contribution >= 4 is 28.5 Å². The van der Waals surface area contributed by atoms with Gasteiger partial charge in [-0.2, -0.15) is 0 Å². The van der Waals surface area contributed by atoms with Gasteiger partial charge in [0.15, 0.2) is 0 Å². The van der Waals surface area contributed by atoms with E-state index in [4.69, 9.17) is 0 Å². The first kappa shape index (κ1) is 13.8. The van der Waals surface area contributed by atoms with Crippen molar-refractivity contribution < 1.29 is 4.79 Å². The molecule has 0 spiro atoms. The lowest BCUT2D eigenvalue weighted by Gasteiger charge is -2.39. The predicted octanol–water partition coefficient (Wildman–Crippen LogP) is 2.46. The van der Waals surface area contributed by atoms with E-state index in [1.807, 2.05) is 29.2 Å². The Labute approximate surface area is 122 Å². The maximum Gasteiger partial charge on any atom is 0.253 e. The fourth-order valence-electron chi connectivity index (χ4n) is 2.35. The highest BCUT2D eigenvalue weighted by Crippen LogP contribution is 2.15. The van der Waals surface area contributed by atoms with Crippen LogP contribution in [-0.2, 0) is 0 Å². The number of carbonyl (C=O) groups is 1. The summed E-state index contributed by atoms with van der Waals surface area (Å²) in [5.41, 5.74) is 0.801. The second-order valence-corrected chi connectivity index (χ2v) is 6.05. The molecule has 2 rings (SSSR count). The van der Waals surface area contributed by atoms with Gasteiger partial charge in [0.2, 0.25) is 0 Å². The maximum absolute atomic E-state index is 12.4. The number of amides is 1. The maximum atomic E-state index is 12.4. The third kappa shape index (κ3) is 3.03. The summed E-state index contributed by atoms with van der Waals surface area (Å²) >= 11 is 2.25. The van der Waals surface area contributed by atoms with E-state index in [1.165, 1.54) is 0 Å². The van der Waals surface area contributed by atoms with Crippen LogP contribution in [0.2, 0.25) is 0 Å². The van der Waals surface area contributed by atoms with E-state index in [1.54, 1.807) is 0 Å². The molecule has 1 unspecified atom stereocenters. The van der Waals surface area contributed by atoms with Crippen LogP contribution in [0.15, 0.2) is 24.3 Å². The molecule has 0 aliphatic carbocycles. The van der Waals surface area contributed by atoms with Crippen LogP contribution in [-0.4, -0.2) is 48.4 Å². The standard InChI is InChI=1S/C14H19IN2O/c1-3-13-10-17(9-8-16(13)2)14(18)11-4-6-12(15)7-5-11/h4-7,13H,3,8-10H2,1-2H3. The fraction of sp³-hybridized carbons (Fsp3) is 0.500. The molecular weight excluding hydrogens is 339 g/mol. The average molecular weight is 358 g/mol. The molecule has 1 saturated heterocycles. The predicted molar refractivity (Wildman–Crippen MR) is 81.8 cm³/mol. The summed E-state index contributed by atoms with van der Waals surface area (Å²) in [4.78, 5) is 16.7. The second-order valence-electron chi connectivity index (χ2n) is 4.80. The van der Waals surface area contributed by atoms with Gasteiger partial charge in [0, 0.05) is 34.8 Å². The molecule has 0 saturated carbocycles. The molecule has 0 bridgehead atoms. The first-order chi connectivity index (χ1) is 8.61. The number of hydrogen-bond acceptors (Lipinski definition) is 2. The zero-order valence-corrected chi connectivity index (χ0v) is 13.1. The molecule has 1 aromatic carbocycles. The summed E-state index contributed by atoms with van der Waals surface area (Å²) in [5, 5.41) is 0. The van der Waals surface area contributed by atoms with E-state index in [0.717, 1.165) is 35.2 Å². The lowest BCUT2D eigenvalue weighted by atomic mass is 10.1. The Morgan fingerprint density at radius 2 is 2.00 bits per heavy atom. The number of rotatable bonds is 2.